The summed E-state index contributed by atoms with van der Waals surface area (Å²) in [5.74, 6) is 1.50. The number of hydrogen-bond donors (Lipinski definition) is 0. The lowest BCUT2D eigenvalue weighted by Crippen LogP contribution is -2.00. The quantitative estimate of drug-likeness (QED) is 0.665. The zero-order valence-corrected chi connectivity index (χ0v) is 12.2. The molecule has 1 fully saturated rings. The molecule has 1 atom stereocenters. The Balaban J connectivity index is 1.69. The van der Waals surface area contributed by atoms with E-state index in [2.05, 4.69) is 49.4 Å². The van der Waals surface area contributed by atoms with E-state index < -0.39 is 0 Å². The molecule has 0 amide bonds. The zero-order valence-electron chi connectivity index (χ0n) is 12.2. The Bertz CT molecular complexity index is 632. The molecule has 2 aliphatic carbocycles. The van der Waals surface area contributed by atoms with Gasteiger partial charge in [0.25, 0.3) is 0 Å². The maximum absolute atomic E-state index is 2.48. The van der Waals surface area contributed by atoms with Gasteiger partial charge in [-0.3, -0.25) is 0 Å². The molecule has 1 saturated carbocycles. The van der Waals surface area contributed by atoms with Crippen LogP contribution in [-0.2, 0) is 6.42 Å². The van der Waals surface area contributed by atoms with Crippen molar-refractivity contribution in [1.82, 2.24) is 0 Å². The molecule has 4 rings (SSSR count). The van der Waals surface area contributed by atoms with Crippen LogP contribution in [0, 0.1) is 5.92 Å². The smallest absolute Gasteiger partial charge is 0.00734 e. The third kappa shape index (κ3) is 1.90. The number of fused-ring (bicyclic) bond motifs is 3. The van der Waals surface area contributed by atoms with Gasteiger partial charge in [-0.05, 0) is 40.2 Å². The Morgan fingerprint density at radius 1 is 0.900 bits per heavy atom. The van der Waals surface area contributed by atoms with E-state index in [0.29, 0.717) is 5.92 Å². The molecule has 2 aliphatic rings. The van der Waals surface area contributed by atoms with Crippen LogP contribution in [0.5, 0.6) is 0 Å². The fraction of sp³-hybridized carbons (Fsp3) is 0.400. The van der Waals surface area contributed by atoms with E-state index in [1.54, 1.807) is 11.1 Å². The average Bonchev–Trinajstić information content (AvgIpc) is 3.08. The normalized spacial score (nSPS) is 20.9. The molecular formula is C20H22. The van der Waals surface area contributed by atoms with Crippen LogP contribution in [0.15, 0.2) is 42.5 Å². The maximum Gasteiger partial charge on any atom is 0.00734 e. The molecule has 1 unspecified atom stereocenters. The first-order valence-corrected chi connectivity index (χ1v) is 8.05. The highest BCUT2D eigenvalue weighted by atomic mass is 14.3. The molecule has 0 bridgehead atoms. The van der Waals surface area contributed by atoms with Crippen LogP contribution in [0.4, 0.5) is 0 Å². The fourth-order valence-corrected chi connectivity index (χ4v) is 4.18. The largest absolute Gasteiger partial charge is 0.0619 e. The first-order chi connectivity index (χ1) is 9.83. The van der Waals surface area contributed by atoms with Gasteiger partial charge in [0.15, 0.2) is 0 Å². The SMILES string of the molecule is CC1c2ccccc2-c2ccc(CC3CCCC3)cc21. The van der Waals surface area contributed by atoms with E-state index in [0.717, 1.165) is 5.92 Å². The molecule has 20 heavy (non-hydrogen) atoms. The van der Waals surface area contributed by atoms with E-state index in [1.807, 2.05) is 0 Å². The number of rotatable bonds is 2. The van der Waals surface area contributed by atoms with Crippen LogP contribution in [0.2, 0.25) is 0 Å². The van der Waals surface area contributed by atoms with Crippen LogP contribution in [-0.4, -0.2) is 0 Å². The van der Waals surface area contributed by atoms with Crippen molar-refractivity contribution in [3.8, 4) is 11.1 Å². The van der Waals surface area contributed by atoms with Gasteiger partial charge in [0.1, 0.15) is 0 Å². The van der Waals surface area contributed by atoms with Gasteiger partial charge in [0, 0.05) is 5.92 Å². The van der Waals surface area contributed by atoms with Gasteiger partial charge < -0.3 is 0 Å². The summed E-state index contributed by atoms with van der Waals surface area (Å²) >= 11 is 0. The summed E-state index contributed by atoms with van der Waals surface area (Å²) in [6.45, 7) is 2.35. The third-order valence-corrected chi connectivity index (χ3v) is 5.30. The minimum Gasteiger partial charge on any atom is -0.0619 e. The minimum atomic E-state index is 0.560. The van der Waals surface area contributed by atoms with Gasteiger partial charge in [0.05, 0.1) is 0 Å². The second-order valence-corrected chi connectivity index (χ2v) is 6.59. The van der Waals surface area contributed by atoms with Gasteiger partial charge in [-0.1, -0.05) is 75.1 Å². The average molecular weight is 262 g/mol. The van der Waals surface area contributed by atoms with Crippen molar-refractivity contribution in [2.45, 2.75) is 44.9 Å². The van der Waals surface area contributed by atoms with Crippen molar-refractivity contribution in [2.24, 2.45) is 5.92 Å². The predicted octanol–water partition coefficient (Wildman–Crippen LogP) is 5.55. The second-order valence-electron chi connectivity index (χ2n) is 6.59. The van der Waals surface area contributed by atoms with Gasteiger partial charge in [-0.2, -0.15) is 0 Å². The molecule has 0 saturated heterocycles. The Labute approximate surface area is 121 Å². The van der Waals surface area contributed by atoms with Gasteiger partial charge >= 0.3 is 0 Å². The molecule has 0 heteroatoms. The first kappa shape index (κ1) is 12.2. The molecule has 0 spiro atoms. The highest BCUT2D eigenvalue weighted by Gasteiger charge is 2.25. The van der Waals surface area contributed by atoms with Crippen LogP contribution in [0.1, 0.15) is 55.2 Å². The molecule has 0 aliphatic heterocycles. The summed E-state index contributed by atoms with van der Waals surface area (Å²) in [6.07, 6.45) is 7.05. The van der Waals surface area contributed by atoms with Crippen LogP contribution in [0.3, 0.4) is 0 Å². The third-order valence-electron chi connectivity index (χ3n) is 5.30. The summed E-state index contributed by atoms with van der Waals surface area (Å²) in [6, 6.07) is 16.1. The summed E-state index contributed by atoms with van der Waals surface area (Å²) in [4.78, 5) is 0. The highest BCUT2D eigenvalue weighted by molar-refractivity contribution is 5.78. The van der Waals surface area contributed by atoms with Gasteiger partial charge in [-0.15, -0.1) is 0 Å². The van der Waals surface area contributed by atoms with Crippen molar-refractivity contribution in [3.05, 3.63) is 59.2 Å². The molecule has 2 aromatic carbocycles. The van der Waals surface area contributed by atoms with Crippen LogP contribution >= 0.6 is 0 Å². The molecular weight excluding hydrogens is 240 g/mol. The van der Waals surface area contributed by atoms with E-state index in [-0.39, 0.29) is 0 Å². The van der Waals surface area contributed by atoms with Crippen molar-refractivity contribution >= 4 is 0 Å². The fourth-order valence-electron chi connectivity index (χ4n) is 4.18. The monoisotopic (exact) mass is 262 g/mol. The number of hydrogen-bond acceptors (Lipinski definition) is 0. The molecule has 0 heterocycles. The summed E-state index contributed by atoms with van der Waals surface area (Å²) < 4.78 is 0. The Morgan fingerprint density at radius 2 is 1.65 bits per heavy atom. The molecule has 0 nitrogen and oxygen atoms in total. The number of benzene rings is 2. The van der Waals surface area contributed by atoms with E-state index in [4.69, 9.17) is 0 Å². The van der Waals surface area contributed by atoms with Crippen LogP contribution < -0.4 is 0 Å². The Hall–Kier alpha value is -1.56. The standard InChI is InChI=1S/C20H22/c1-14-17-8-4-5-9-18(17)19-11-10-16(13-20(14)19)12-15-6-2-3-7-15/h4-5,8-11,13-15H,2-3,6-7,12H2,1H3. The van der Waals surface area contributed by atoms with E-state index >= 15 is 0 Å². The van der Waals surface area contributed by atoms with Crippen LogP contribution in [0.25, 0.3) is 11.1 Å². The van der Waals surface area contributed by atoms with Crippen molar-refractivity contribution < 1.29 is 0 Å². The van der Waals surface area contributed by atoms with Crippen molar-refractivity contribution in [2.75, 3.05) is 0 Å². The summed E-state index contributed by atoms with van der Waals surface area (Å²) in [5.41, 5.74) is 7.50. The molecule has 102 valence electrons. The molecule has 0 radical (unpaired) electrons. The zero-order chi connectivity index (χ0) is 13.5. The summed E-state index contributed by atoms with van der Waals surface area (Å²) in [5, 5.41) is 0. The predicted molar refractivity (Wildman–Crippen MR) is 85.1 cm³/mol. The Morgan fingerprint density at radius 3 is 2.50 bits per heavy atom. The minimum absolute atomic E-state index is 0.560. The summed E-state index contributed by atoms with van der Waals surface area (Å²) in [7, 11) is 0. The molecule has 0 N–H and O–H groups in total. The first-order valence-electron chi connectivity index (χ1n) is 8.05. The lowest BCUT2D eigenvalue weighted by molar-refractivity contribution is 0.546. The van der Waals surface area contributed by atoms with E-state index in [9.17, 15) is 0 Å². The van der Waals surface area contributed by atoms with Crippen molar-refractivity contribution in [1.29, 1.82) is 0 Å². The van der Waals surface area contributed by atoms with Gasteiger partial charge in [0.2, 0.25) is 0 Å². The van der Waals surface area contributed by atoms with Gasteiger partial charge in [-0.25, -0.2) is 0 Å². The Kier molecular flexibility index (Phi) is 2.91. The lowest BCUT2D eigenvalue weighted by atomic mass is 9.93. The highest BCUT2D eigenvalue weighted by Crippen LogP contribution is 2.45. The lowest BCUT2D eigenvalue weighted by Gasteiger charge is -2.12. The molecule has 0 aromatic heterocycles. The topological polar surface area (TPSA) is 0 Å². The maximum atomic E-state index is 2.48. The molecule has 2 aromatic rings. The van der Waals surface area contributed by atoms with E-state index in [1.165, 1.54) is 48.8 Å². The van der Waals surface area contributed by atoms with Crippen molar-refractivity contribution in [3.63, 3.8) is 0 Å². The second kappa shape index (κ2) is 4.77.